The molecule has 0 aliphatic carbocycles. The van der Waals surface area contributed by atoms with Gasteiger partial charge in [0.05, 0.1) is 5.56 Å². The van der Waals surface area contributed by atoms with Crippen molar-refractivity contribution in [3.63, 3.8) is 0 Å². The van der Waals surface area contributed by atoms with Crippen molar-refractivity contribution in [2.24, 2.45) is 0 Å². The fraction of sp³-hybridized carbons (Fsp3) is 0.552. The van der Waals surface area contributed by atoms with Gasteiger partial charge in [-0.15, -0.1) is 0 Å². The molecule has 0 saturated heterocycles. The standard InChI is InChI=1S/C29H40F2O2/c1-3-5-7-9-10-12-13-15-23-17-19-25(20-18-23)29(32)33-26-22-21-24(27(30)28(26)31)16-14-11-8-6-4-2/h17-22H,3-16H2,1-2H3. The summed E-state index contributed by atoms with van der Waals surface area (Å²) < 4.78 is 34.0. The van der Waals surface area contributed by atoms with Crippen LogP contribution in [0.25, 0.3) is 0 Å². The van der Waals surface area contributed by atoms with Crippen LogP contribution in [0.15, 0.2) is 36.4 Å². The lowest BCUT2D eigenvalue weighted by Crippen LogP contribution is -2.11. The molecule has 2 nitrogen and oxygen atoms in total. The molecular formula is C29H40F2O2. The maximum atomic E-state index is 14.5. The predicted molar refractivity (Wildman–Crippen MR) is 132 cm³/mol. The minimum Gasteiger partial charge on any atom is -0.420 e. The van der Waals surface area contributed by atoms with Crippen molar-refractivity contribution in [3.8, 4) is 5.75 Å². The van der Waals surface area contributed by atoms with Crippen molar-refractivity contribution in [2.45, 2.75) is 104 Å². The smallest absolute Gasteiger partial charge is 0.343 e. The average Bonchev–Trinajstić information content (AvgIpc) is 2.83. The average molecular weight is 459 g/mol. The largest absolute Gasteiger partial charge is 0.420 e. The Bertz CT molecular complexity index is 830. The molecule has 0 aromatic heterocycles. The minimum atomic E-state index is -1.09. The third kappa shape index (κ3) is 9.65. The molecule has 0 atom stereocenters. The van der Waals surface area contributed by atoms with Gasteiger partial charge in [-0.1, -0.05) is 96.3 Å². The van der Waals surface area contributed by atoms with Crippen molar-refractivity contribution < 1.29 is 18.3 Å². The van der Waals surface area contributed by atoms with Crippen molar-refractivity contribution in [2.75, 3.05) is 0 Å². The fourth-order valence-corrected chi connectivity index (χ4v) is 4.02. The normalized spacial score (nSPS) is 11.0. The van der Waals surface area contributed by atoms with E-state index in [9.17, 15) is 13.6 Å². The molecule has 0 aliphatic rings. The molecule has 0 fully saturated rings. The number of halogens is 2. The molecule has 0 bridgehead atoms. The molecule has 2 aromatic carbocycles. The molecule has 0 spiro atoms. The molecule has 0 radical (unpaired) electrons. The molecule has 0 unspecified atom stereocenters. The molecule has 4 heteroatoms. The van der Waals surface area contributed by atoms with E-state index in [0.29, 0.717) is 17.5 Å². The second-order valence-electron chi connectivity index (χ2n) is 8.97. The van der Waals surface area contributed by atoms with E-state index in [1.807, 2.05) is 12.1 Å². The Hall–Kier alpha value is -2.23. The maximum absolute atomic E-state index is 14.5. The van der Waals surface area contributed by atoms with Crippen LogP contribution in [0.2, 0.25) is 0 Å². The Morgan fingerprint density at radius 3 is 1.82 bits per heavy atom. The highest BCUT2D eigenvalue weighted by Gasteiger charge is 2.18. The van der Waals surface area contributed by atoms with Gasteiger partial charge in [0, 0.05) is 0 Å². The van der Waals surface area contributed by atoms with Gasteiger partial charge in [-0.2, -0.15) is 4.39 Å². The number of esters is 1. The van der Waals surface area contributed by atoms with Crippen LogP contribution in [0.4, 0.5) is 8.78 Å². The number of unbranched alkanes of at least 4 members (excludes halogenated alkanes) is 10. The van der Waals surface area contributed by atoms with Gasteiger partial charge < -0.3 is 4.74 Å². The van der Waals surface area contributed by atoms with Crippen molar-refractivity contribution in [3.05, 3.63) is 64.7 Å². The number of carbonyl (C=O) groups is 1. The number of hydrogen-bond acceptors (Lipinski definition) is 2. The Kier molecular flexibility index (Phi) is 12.8. The lowest BCUT2D eigenvalue weighted by molar-refractivity contribution is 0.0726. The van der Waals surface area contributed by atoms with E-state index in [1.165, 1.54) is 56.2 Å². The topological polar surface area (TPSA) is 26.3 Å². The molecule has 0 aliphatic heterocycles. The second-order valence-corrected chi connectivity index (χ2v) is 8.97. The zero-order valence-corrected chi connectivity index (χ0v) is 20.4. The Labute approximate surface area is 198 Å². The molecule has 0 heterocycles. The Morgan fingerprint density at radius 1 is 0.667 bits per heavy atom. The van der Waals surface area contributed by atoms with Crippen LogP contribution in [0.5, 0.6) is 5.75 Å². The van der Waals surface area contributed by atoms with Crippen LogP contribution < -0.4 is 4.74 Å². The highest BCUT2D eigenvalue weighted by Crippen LogP contribution is 2.25. The summed E-state index contributed by atoms with van der Waals surface area (Å²) in [7, 11) is 0. The van der Waals surface area contributed by atoms with E-state index in [-0.39, 0.29) is 5.75 Å². The van der Waals surface area contributed by atoms with Crippen LogP contribution >= 0.6 is 0 Å². The van der Waals surface area contributed by atoms with E-state index in [2.05, 4.69) is 13.8 Å². The van der Waals surface area contributed by atoms with Crippen LogP contribution in [0.1, 0.15) is 112 Å². The summed E-state index contributed by atoms with van der Waals surface area (Å²) in [5.74, 6) is -3.05. The molecule has 2 rings (SSSR count). The monoisotopic (exact) mass is 458 g/mol. The van der Waals surface area contributed by atoms with Gasteiger partial charge >= 0.3 is 5.97 Å². The van der Waals surface area contributed by atoms with Crippen LogP contribution in [-0.4, -0.2) is 5.97 Å². The Morgan fingerprint density at radius 2 is 1.21 bits per heavy atom. The Balaban J connectivity index is 1.82. The summed E-state index contributed by atoms with van der Waals surface area (Å²) in [5, 5.41) is 0. The second kappa shape index (κ2) is 15.6. The first kappa shape index (κ1) is 27.0. The fourth-order valence-electron chi connectivity index (χ4n) is 4.02. The van der Waals surface area contributed by atoms with Crippen LogP contribution in [0.3, 0.4) is 0 Å². The van der Waals surface area contributed by atoms with Gasteiger partial charge in [-0.05, 0) is 55.0 Å². The van der Waals surface area contributed by atoms with E-state index in [1.54, 1.807) is 12.1 Å². The SMILES string of the molecule is CCCCCCCCCc1ccc(C(=O)Oc2ccc(CCCCCCC)c(F)c2F)cc1. The molecule has 0 N–H and O–H groups in total. The summed E-state index contributed by atoms with van der Waals surface area (Å²) in [6, 6.07) is 10.1. The first-order chi connectivity index (χ1) is 16.1. The van der Waals surface area contributed by atoms with Gasteiger partial charge in [-0.25, -0.2) is 9.18 Å². The van der Waals surface area contributed by atoms with E-state index in [4.69, 9.17) is 4.74 Å². The van der Waals surface area contributed by atoms with Crippen LogP contribution in [-0.2, 0) is 12.8 Å². The zero-order valence-electron chi connectivity index (χ0n) is 20.4. The molecule has 0 amide bonds. The molecular weight excluding hydrogens is 418 g/mol. The summed E-state index contributed by atoms with van der Waals surface area (Å²) >= 11 is 0. The van der Waals surface area contributed by atoms with Crippen LogP contribution in [0, 0.1) is 11.6 Å². The highest BCUT2D eigenvalue weighted by atomic mass is 19.2. The first-order valence-corrected chi connectivity index (χ1v) is 12.8. The van der Waals surface area contributed by atoms with Gasteiger partial charge in [0.25, 0.3) is 0 Å². The quantitative estimate of drug-likeness (QED) is 0.142. The van der Waals surface area contributed by atoms with Crippen molar-refractivity contribution in [1.29, 1.82) is 0 Å². The van der Waals surface area contributed by atoms with Crippen molar-refractivity contribution in [1.82, 2.24) is 0 Å². The number of carbonyl (C=O) groups excluding carboxylic acids is 1. The third-order valence-electron chi connectivity index (χ3n) is 6.14. The summed E-state index contributed by atoms with van der Waals surface area (Å²) in [6.07, 6.45) is 15.5. The number of rotatable bonds is 16. The number of aryl methyl sites for hydroxylation is 2. The number of hydrogen-bond donors (Lipinski definition) is 0. The lowest BCUT2D eigenvalue weighted by atomic mass is 10.0. The highest BCUT2D eigenvalue weighted by molar-refractivity contribution is 5.91. The zero-order chi connectivity index (χ0) is 23.9. The van der Waals surface area contributed by atoms with E-state index >= 15 is 0 Å². The summed E-state index contributed by atoms with van der Waals surface area (Å²) in [4.78, 5) is 12.4. The first-order valence-electron chi connectivity index (χ1n) is 12.8. The third-order valence-corrected chi connectivity index (χ3v) is 6.14. The minimum absolute atomic E-state index is 0.332. The number of ether oxygens (including phenoxy) is 1. The lowest BCUT2D eigenvalue weighted by Gasteiger charge is -2.10. The van der Waals surface area contributed by atoms with Gasteiger partial charge in [-0.3, -0.25) is 0 Å². The van der Waals surface area contributed by atoms with E-state index in [0.717, 1.165) is 44.9 Å². The van der Waals surface area contributed by atoms with Gasteiger partial charge in [0.15, 0.2) is 11.6 Å². The molecule has 33 heavy (non-hydrogen) atoms. The maximum Gasteiger partial charge on any atom is 0.343 e. The van der Waals surface area contributed by atoms with E-state index < -0.39 is 17.6 Å². The number of benzene rings is 2. The van der Waals surface area contributed by atoms with Gasteiger partial charge in [0.1, 0.15) is 0 Å². The predicted octanol–water partition coefficient (Wildman–Crippen LogP) is 8.99. The molecule has 2 aromatic rings. The summed E-state index contributed by atoms with van der Waals surface area (Å²) in [5.41, 5.74) is 1.83. The summed E-state index contributed by atoms with van der Waals surface area (Å²) in [6.45, 7) is 4.36. The molecule has 182 valence electrons. The molecule has 0 saturated carbocycles. The van der Waals surface area contributed by atoms with Crippen molar-refractivity contribution >= 4 is 5.97 Å². The van der Waals surface area contributed by atoms with Gasteiger partial charge in [0.2, 0.25) is 5.82 Å².